The Morgan fingerprint density at radius 1 is 0.759 bits per heavy atom. The molecular formula is C27H30N2. The minimum Gasteiger partial charge on any atom is -0.327 e. The van der Waals surface area contributed by atoms with Crippen molar-refractivity contribution in [3.05, 3.63) is 101 Å². The van der Waals surface area contributed by atoms with Crippen LogP contribution in [0.1, 0.15) is 49.2 Å². The summed E-state index contributed by atoms with van der Waals surface area (Å²) in [5.41, 5.74) is 6.41. The van der Waals surface area contributed by atoms with E-state index in [1.165, 1.54) is 22.2 Å². The molecule has 0 aliphatic heterocycles. The Morgan fingerprint density at radius 3 is 2.17 bits per heavy atom. The van der Waals surface area contributed by atoms with Crippen molar-refractivity contribution < 1.29 is 0 Å². The topological polar surface area (TPSA) is 17.8 Å². The highest BCUT2D eigenvalue weighted by Gasteiger charge is 2.18. The van der Waals surface area contributed by atoms with Crippen molar-refractivity contribution >= 4 is 11.0 Å². The first kappa shape index (κ1) is 19.4. The standard InChI is InChI=1S/C27H30N2/c1-20(2)19-23-13-15-24(16-14-23)21(3)27-28-25-11-7-8-12-26(25)29(27)18-17-22-9-5-4-6-10-22/h4-16,20-21H,17-19H2,1-3H3. The number of imidazole rings is 1. The molecule has 0 amide bonds. The molecule has 1 aromatic heterocycles. The molecule has 2 nitrogen and oxygen atoms in total. The van der Waals surface area contributed by atoms with E-state index in [1.807, 2.05) is 0 Å². The first-order valence-electron chi connectivity index (χ1n) is 10.7. The van der Waals surface area contributed by atoms with Gasteiger partial charge in [-0.3, -0.25) is 0 Å². The third kappa shape index (κ3) is 4.42. The van der Waals surface area contributed by atoms with Crippen LogP contribution in [-0.4, -0.2) is 9.55 Å². The van der Waals surface area contributed by atoms with Crippen molar-refractivity contribution in [2.75, 3.05) is 0 Å². The summed E-state index contributed by atoms with van der Waals surface area (Å²) in [5.74, 6) is 2.09. The highest BCUT2D eigenvalue weighted by atomic mass is 15.1. The zero-order chi connectivity index (χ0) is 20.2. The lowest BCUT2D eigenvalue weighted by Crippen LogP contribution is -2.10. The van der Waals surface area contributed by atoms with Gasteiger partial charge in [-0.15, -0.1) is 0 Å². The molecule has 0 aliphatic rings. The van der Waals surface area contributed by atoms with Crippen LogP contribution in [0.25, 0.3) is 11.0 Å². The quantitative estimate of drug-likeness (QED) is 0.351. The van der Waals surface area contributed by atoms with E-state index in [9.17, 15) is 0 Å². The fourth-order valence-corrected chi connectivity index (χ4v) is 4.11. The number of hydrogen-bond donors (Lipinski definition) is 0. The second kappa shape index (κ2) is 8.65. The van der Waals surface area contributed by atoms with E-state index < -0.39 is 0 Å². The number of benzene rings is 3. The molecule has 4 rings (SSSR count). The predicted octanol–water partition coefficient (Wildman–Crippen LogP) is 6.63. The Labute approximate surface area is 174 Å². The number of para-hydroxylation sites is 2. The number of rotatable bonds is 7. The summed E-state index contributed by atoms with van der Waals surface area (Å²) in [6.45, 7) is 7.75. The smallest absolute Gasteiger partial charge is 0.117 e. The molecular weight excluding hydrogens is 352 g/mol. The fraction of sp³-hybridized carbons (Fsp3) is 0.296. The summed E-state index contributed by atoms with van der Waals surface area (Å²) >= 11 is 0. The Bertz CT molecular complexity index is 1060. The molecule has 3 aromatic carbocycles. The van der Waals surface area contributed by atoms with Crippen molar-refractivity contribution in [2.45, 2.75) is 46.1 Å². The van der Waals surface area contributed by atoms with Crippen molar-refractivity contribution in [1.82, 2.24) is 9.55 Å². The number of fused-ring (bicyclic) bond motifs is 1. The third-order valence-corrected chi connectivity index (χ3v) is 5.66. The molecule has 148 valence electrons. The highest BCUT2D eigenvalue weighted by molar-refractivity contribution is 5.76. The van der Waals surface area contributed by atoms with Gasteiger partial charge < -0.3 is 4.57 Å². The molecule has 0 fully saturated rings. The maximum Gasteiger partial charge on any atom is 0.117 e. The molecule has 29 heavy (non-hydrogen) atoms. The summed E-state index contributed by atoms with van der Waals surface area (Å²) in [5, 5.41) is 0. The molecule has 0 bridgehead atoms. The molecule has 0 N–H and O–H groups in total. The fourth-order valence-electron chi connectivity index (χ4n) is 4.11. The van der Waals surface area contributed by atoms with E-state index >= 15 is 0 Å². The molecule has 1 heterocycles. The van der Waals surface area contributed by atoms with E-state index in [2.05, 4.69) is 104 Å². The van der Waals surface area contributed by atoms with Crippen LogP contribution in [-0.2, 0) is 19.4 Å². The molecule has 1 unspecified atom stereocenters. The molecule has 0 saturated carbocycles. The average molecular weight is 383 g/mol. The van der Waals surface area contributed by atoms with E-state index in [1.54, 1.807) is 0 Å². The van der Waals surface area contributed by atoms with E-state index in [0.29, 0.717) is 5.92 Å². The van der Waals surface area contributed by atoms with Crippen LogP contribution >= 0.6 is 0 Å². The van der Waals surface area contributed by atoms with Gasteiger partial charge in [0, 0.05) is 12.5 Å². The van der Waals surface area contributed by atoms with Gasteiger partial charge >= 0.3 is 0 Å². The number of aromatic nitrogens is 2. The lowest BCUT2D eigenvalue weighted by Gasteiger charge is -2.16. The summed E-state index contributed by atoms with van der Waals surface area (Å²) in [6.07, 6.45) is 2.14. The summed E-state index contributed by atoms with van der Waals surface area (Å²) in [4.78, 5) is 5.04. The first-order valence-corrected chi connectivity index (χ1v) is 10.7. The summed E-state index contributed by atoms with van der Waals surface area (Å²) < 4.78 is 2.41. The lowest BCUT2D eigenvalue weighted by atomic mass is 9.96. The summed E-state index contributed by atoms with van der Waals surface area (Å²) in [6, 6.07) is 28.3. The second-order valence-electron chi connectivity index (χ2n) is 8.41. The maximum absolute atomic E-state index is 5.04. The van der Waals surface area contributed by atoms with Gasteiger partial charge in [-0.2, -0.15) is 0 Å². The zero-order valence-electron chi connectivity index (χ0n) is 17.7. The zero-order valence-corrected chi connectivity index (χ0v) is 17.7. The van der Waals surface area contributed by atoms with Crippen LogP contribution in [0.2, 0.25) is 0 Å². The Balaban J connectivity index is 1.65. The molecule has 0 spiro atoms. The van der Waals surface area contributed by atoms with Gasteiger partial charge in [0.05, 0.1) is 11.0 Å². The van der Waals surface area contributed by atoms with Crippen molar-refractivity contribution in [3.8, 4) is 0 Å². The van der Waals surface area contributed by atoms with Crippen LogP contribution in [0, 0.1) is 5.92 Å². The van der Waals surface area contributed by atoms with Gasteiger partial charge in [0.2, 0.25) is 0 Å². The van der Waals surface area contributed by atoms with E-state index in [0.717, 1.165) is 30.7 Å². The van der Waals surface area contributed by atoms with E-state index in [4.69, 9.17) is 4.98 Å². The maximum atomic E-state index is 5.04. The van der Waals surface area contributed by atoms with Crippen LogP contribution in [0.15, 0.2) is 78.9 Å². The van der Waals surface area contributed by atoms with Crippen LogP contribution in [0.5, 0.6) is 0 Å². The molecule has 1 atom stereocenters. The molecule has 4 aromatic rings. The first-order chi connectivity index (χ1) is 14.1. The van der Waals surface area contributed by atoms with Crippen LogP contribution < -0.4 is 0 Å². The van der Waals surface area contributed by atoms with Crippen molar-refractivity contribution in [3.63, 3.8) is 0 Å². The molecule has 0 aliphatic carbocycles. The van der Waals surface area contributed by atoms with Gasteiger partial charge in [0.1, 0.15) is 5.82 Å². The second-order valence-corrected chi connectivity index (χ2v) is 8.41. The van der Waals surface area contributed by atoms with E-state index in [-0.39, 0.29) is 5.92 Å². The van der Waals surface area contributed by atoms with Crippen molar-refractivity contribution in [2.24, 2.45) is 5.92 Å². The van der Waals surface area contributed by atoms with Crippen LogP contribution in [0.4, 0.5) is 0 Å². The van der Waals surface area contributed by atoms with Crippen LogP contribution in [0.3, 0.4) is 0 Å². The van der Waals surface area contributed by atoms with Gasteiger partial charge in [0.25, 0.3) is 0 Å². The SMILES string of the molecule is CC(C)Cc1ccc(C(C)c2nc3ccccc3n2CCc2ccccc2)cc1. The number of aryl methyl sites for hydroxylation is 2. The number of nitrogens with zero attached hydrogens (tertiary/aromatic N) is 2. The Kier molecular flexibility index (Phi) is 5.80. The average Bonchev–Trinajstić information content (AvgIpc) is 3.11. The number of hydrogen-bond acceptors (Lipinski definition) is 1. The van der Waals surface area contributed by atoms with Gasteiger partial charge in [0.15, 0.2) is 0 Å². The van der Waals surface area contributed by atoms with Gasteiger partial charge in [-0.1, -0.05) is 87.5 Å². The van der Waals surface area contributed by atoms with Gasteiger partial charge in [-0.05, 0) is 47.6 Å². The minimum absolute atomic E-state index is 0.256. The molecule has 2 heteroatoms. The monoisotopic (exact) mass is 382 g/mol. The Hall–Kier alpha value is -2.87. The third-order valence-electron chi connectivity index (χ3n) is 5.66. The Morgan fingerprint density at radius 2 is 1.45 bits per heavy atom. The molecule has 0 saturated heterocycles. The summed E-state index contributed by atoms with van der Waals surface area (Å²) in [7, 11) is 0. The lowest BCUT2D eigenvalue weighted by molar-refractivity contribution is 0.642. The normalized spacial score (nSPS) is 12.6. The minimum atomic E-state index is 0.256. The molecule has 0 radical (unpaired) electrons. The van der Waals surface area contributed by atoms with Gasteiger partial charge in [-0.25, -0.2) is 4.98 Å². The van der Waals surface area contributed by atoms with Crippen molar-refractivity contribution in [1.29, 1.82) is 0 Å². The largest absolute Gasteiger partial charge is 0.327 e. The highest BCUT2D eigenvalue weighted by Crippen LogP contribution is 2.28. The predicted molar refractivity (Wildman–Crippen MR) is 122 cm³/mol.